The highest BCUT2D eigenvalue weighted by atomic mass is 31.2. The van der Waals surface area contributed by atoms with Gasteiger partial charge in [-0.05, 0) is 27.7 Å². The number of aliphatic hydroxyl groups is 1. The first-order valence-electron chi connectivity index (χ1n) is 7.91. The predicted octanol–water partition coefficient (Wildman–Crippen LogP) is 1.83. The van der Waals surface area contributed by atoms with Crippen molar-refractivity contribution in [2.45, 2.75) is 59.7 Å². The van der Waals surface area contributed by atoms with Crippen LogP contribution in [0.2, 0.25) is 0 Å². The lowest BCUT2D eigenvalue weighted by molar-refractivity contribution is -0.137. The molecule has 2 atom stereocenters. The van der Waals surface area contributed by atoms with Crippen LogP contribution in [0.3, 0.4) is 0 Å². The summed E-state index contributed by atoms with van der Waals surface area (Å²) < 4.78 is 21.8. The Morgan fingerprint density at radius 3 is 2.32 bits per heavy atom. The highest BCUT2D eigenvalue weighted by Gasteiger charge is 2.37. The molecular formula is C15H31N2O7P. The van der Waals surface area contributed by atoms with E-state index in [2.05, 4.69) is 15.3 Å². The number of phosphoric ester groups is 1. The molecule has 9 nitrogen and oxygen atoms in total. The Morgan fingerprint density at radius 2 is 1.84 bits per heavy atom. The molecule has 1 amide bonds. The maximum absolute atomic E-state index is 12.0. The molecular weight excluding hydrogens is 351 g/mol. The van der Waals surface area contributed by atoms with Crippen LogP contribution >= 0.6 is 7.82 Å². The standard InChI is InChI=1S/C15H31N2O7P/c1-11(17-22-7)8-9-16-13(19)12(18)15(5,6)10-23-25(20,21)24-14(2,3)4/h12,18H,8-10H2,1-7H3,(H,16,19)(H,20,21)/b17-11+/t12-/m1/s1. The van der Waals surface area contributed by atoms with Crippen molar-refractivity contribution in [3.63, 3.8) is 0 Å². The molecule has 0 aliphatic carbocycles. The smallest absolute Gasteiger partial charge is 0.399 e. The number of rotatable bonds is 10. The number of nitrogens with one attached hydrogen (secondary N) is 1. The molecule has 0 heterocycles. The molecule has 0 saturated carbocycles. The number of hydrogen-bond acceptors (Lipinski definition) is 7. The van der Waals surface area contributed by atoms with E-state index in [-0.39, 0.29) is 13.2 Å². The van der Waals surface area contributed by atoms with E-state index in [1.165, 1.54) is 7.11 Å². The van der Waals surface area contributed by atoms with E-state index < -0.39 is 30.8 Å². The van der Waals surface area contributed by atoms with E-state index in [9.17, 15) is 19.4 Å². The summed E-state index contributed by atoms with van der Waals surface area (Å²) in [6.45, 7) is 9.62. The van der Waals surface area contributed by atoms with E-state index in [0.29, 0.717) is 12.1 Å². The number of oxime groups is 1. The zero-order valence-corrected chi connectivity index (χ0v) is 16.9. The van der Waals surface area contributed by atoms with Crippen LogP contribution in [-0.2, 0) is 23.2 Å². The monoisotopic (exact) mass is 382 g/mol. The van der Waals surface area contributed by atoms with Crippen LogP contribution in [0.25, 0.3) is 0 Å². The summed E-state index contributed by atoms with van der Waals surface area (Å²) in [7, 11) is -2.87. The predicted molar refractivity (Wildman–Crippen MR) is 94.1 cm³/mol. The van der Waals surface area contributed by atoms with Crippen molar-refractivity contribution in [2.24, 2.45) is 10.6 Å². The van der Waals surface area contributed by atoms with Gasteiger partial charge in [0.1, 0.15) is 13.2 Å². The zero-order chi connectivity index (χ0) is 19.9. The molecule has 0 saturated heterocycles. The lowest BCUT2D eigenvalue weighted by atomic mass is 9.87. The Balaban J connectivity index is 4.57. The average molecular weight is 382 g/mol. The number of carbonyl (C=O) groups excluding carboxylic acids is 1. The van der Waals surface area contributed by atoms with Crippen molar-refractivity contribution in [3.8, 4) is 0 Å². The third-order valence-electron chi connectivity index (χ3n) is 3.01. The highest BCUT2D eigenvalue weighted by molar-refractivity contribution is 7.47. The summed E-state index contributed by atoms with van der Waals surface area (Å²) in [5.74, 6) is -0.608. The van der Waals surface area contributed by atoms with Crippen LogP contribution in [0.4, 0.5) is 0 Å². The lowest BCUT2D eigenvalue weighted by Gasteiger charge is -2.31. The molecule has 3 N–H and O–H groups in total. The normalized spacial score (nSPS) is 16.9. The number of amides is 1. The van der Waals surface area contributed by atoms with Gasteiger partial charge in [0.25, 0.3) is 0 Å². The van der Waals surface area contributed by atoms with Gasteiger partial charge in [0.15, 0.2) is 0 Å². The second-order valence-electron chi connectivity index (χ2n) is 7.39. The molecule has 0 aromatic heterocycles. The second kappa shape index (κ2) is 9.64. The van der Waals surface area contributed by atoms with Gasteiger partial charge in [-0.15, -0.1) is 0 Å². The quantitative estimate of drug-likeness (QED) is 0.299. The molecule has 0 aliphatic rings. The van der Waals surface area contributed by atoms with Gasteiger partial charge in [-0.1, -0.05) is 19.0 Å². The van der Waals surface area contributed by atoms with E-state index >= 15 is 0 Å². The van der Waals surface area contributed by atoms with Gasteiger partial charge in [0.2, 0.25) is 5.91 Å². The number of hydrogen-bond donors (Lipinski definition) is 3. The zero-order valence-electron chi connectivity index (χ0n) is 16.0. The Hall–Kier alpha value is -0.990. The Kier molecular flexibility index (Phi) is 9.26. The Bertz CT molecular complexity index is 514. The molecule has 0 radical (unpaired) electrons. The van der Waals surface area contributed by atoms with Gasteiger partial charge >= 0.3 is 7.82 Å². The largest absolute Gasteiger partial charge is 0.472 e. The van der Waals surface area contributed by atoms with Crippen LogP contribution in [0.1, 0.15) is 48.0 Å². The lowest BCUT2D eigenvalue weighted by Crippen LogP contribution is -2.46. The average Bonchev–Trinajstić information content (AvgIpc) is 2.42. The number of nitrogens with zero attached hydrogens (tertiary/aromatic N) is 1. The van der Waals surface area contributed by atoms with Crippen molar-refractivity contribution >= 4 is 19.4 Å². The number of phosphoric acid groups is 1. The maximum Gasteiger partial charge on any atom is 0.472 e. The van der Waals surface area contributed by atoms with Crippen LogP contribution in [0.5, 0.6) is 0 Å². The van der Waals surface area contributed by atoms with Crippen molar-refractivity contribution in [1.29, 1.82) is 0 Å². The summed E-state index contributed by atoms with van der Waals surface area (Å²) in [4.78, 5) is 26.3. The van der Waals surface area contributed by atoms with E-state index in [0.717, 1.165) is 0 Å². The maximum atomic E-state index is 12.0. The Labute approximate surface area is 149 Å². The van der Waals surface area contributed by atoms with E-state index in [1.807, 2.05) is 0 Å². The van der Waals surface area contributed by atoms with Crippen LogP contribution in [0, 0.1) is 5.41 Å². The molecule has 25 heavy (non-hydrogen) atoms. The molecule has 10 heteroatoms. The van der Waals surface area contributed by atoms with E-state index in [1.54, 1.807) is 41.5 Å². The second-order valence-corrected chi connectivity index (χ2v) is 8.76. The fourth-order valence-corrected chi connectivity index (χ4v) is 2.96. The van der Waals surface area contributed by atoms with Gasteiger partial charge in [-0.3, -0.25) is 13.8 Å². The fourth-order valence-electron chi connectivity index (χ4n) is 1.72. The SMILES string of the molecule is CO/N=C(\C)CCNC(=O)[C@@H](O)C(C)(C)COP(=O)(O)OC(C)(C)C. The molecule has 0 spiro atoms. The summed E-state index contributed by atoms with van der Waals surface area (Å²) in [5, 5.41) is 16.5. The molecule has 148 valence electrons. The number of aliphatic hydroxyl groups excluding tert-OH is 1. The third-order valence-corrected chi connectivity index (χ3v) is 4.24. The summed E-state index contributed by atoms with van der Waals surface area (Å²) >= 11 is 0. The van der Waals surface area contributed by atoms with Gasteiger partial charge in [0.05, 0.1) is 17.9 Å². The molecule has 1 unspecified atom stereocenters. The first-order valence-corrected chi connectivity index (χ1v) is 9.40. The number of carbonyl (C=O) groups is 1. The van der Waals surface area contributed by atoms with Crippen molar-refractivity contribution in [3.05, 3.63) is 0 Å². The molecule has 0 aliphatic heterocycles. The first-order chi connectivity index (χ1) is 11.2. The summed E-state index contributed by atoms with van der Waals surface area (Å²) in [6, 6.07) is 0. The highest BCUT2D eigenvalue weighted by Crippen LogP contribution is 2.48. The van der Waals surface area contributed by atoms with Gasteiger partial charge in [0, 0.05) is 18.4 Å². The molecule has 0 bridgehead atoms. The third kappa shape index (κ3) is 10.6. The topological polar surface area (TPSA) is 127 Å². The van der Waals surface area contributed by atoms with E-state index in [4.69, 9.17) is 9.05 Å². The van der Waals surface area contributed by atoms with Crippen molar-refractivity contribution in [2.75, 3.05) is 20.3 Å². The fraction of sp³-hybridized carbons (Fsp3) is 0.867. The molecule has 0 rings (SSSR count). The van der Waals surface area contributed by atoms with Gasteiger partial charge in [-0.2, -0.15) is 0 Å². The summed E-state index contributed by atoms with van der Waals surface area (Å²) in [6.07, 6.45) is -0.962. The van der Waals surface area contributed by atoms with Crippen LogP contribution < -0.4 is 5.32 Å². The van der Waals surface area contributed by atoms with Gasteiger partial charge in [-0.25, -0.2) is 4.57 Å². The molecule has 0 aromatic rings. The molecule has 0 fully saturated rings. The minimum absolute atomic E-state index is 0.275. The summed E-state index contributed by atoms with van der Waals surface area (Å²) in [5.41, 5.74) is -1.27. The van der Waals surface area contributed by atoms with Crippen molar-refractivity contribution < 1.29 is 33.2 Å². The Morgan fingerprint density at radius 1 is 1.28 bits per heavy atom. The molecule has 0 aromatic carbocycles. The minimum atomic E-state index is -4.29. The minimum Gasteiger partial charge on any atom is -0.399 e. The van der Waals surface area contributed by atoms with Crippen LogP contribution in [-0.4, -0.2) is 53.6 Å². The first kappa shape index (κ1) is 24.0. The van der Waals surface area contributed by atoms with Crippen molar-refractivity contribution in [1.82, 2.24) is 5.32 Å². The van der Waals surface area contributed by atoms with Gasteiger partial charge < -0.3 is 20.2 Å². The van der Waals surface area contributed by atoms with Crippen LogP contribution in [0.15, 0.2) is 5.16 Å².